The van der Waals surface area contributed by atoms with Gasteiger partial charge in [-0.2, -0.15) is 0 Å². The van der Waals surface area contributed by atoms with Crippen LogP contribution in [-0.4, -0.2) is 41.1 Å². The number of fused-ring (bicyclic) bond motifs is 1. The Balaban J connectivity index is 1.83. The second-order valence-corrected chi connectivity index (χ2v) is 9.51. The molecule has 192 valence electrons. The number of hydrogen-bond acceptors (Lipinski definition) is 4. The summed E-state index contributed by atoms with van der Waals surface area (Å²) in [5.74, 6) is -2.73. The van der Waals surface area contributed by atoms with Gasteiger partial charge in [-0.3, -0.25) is 14.6 Å². The quantitative estimate of drug-likeness (QED) is 0.366. The number of aromatic nitrogens is 1. The molecule has 3 aromatic rings. The van der Waals surface area contributed by atoms with Crippen molar-refractivity contribution in [3.63, 3.8) is 0 Å². The molecule has 36 heavy (non-hydrogen) atoms. The standard InChI is InChI=1S/C28H33F2N3O3/c1-17(2)9-10-20(27(35)31-3)15-24(34)23(13-18-7-5-4-6-8-18)33-28(36)21-14-19-11-12-22(29)25(30)26(19)32-16-21/h4-8,11-12,14,16-17,20,23-24,34H,9-10,13,15H2,1-3H3,(H,31,35)(H,33,36)/t20-,23+,24+/m1/s1. The molecule has 1 aromatic heterocycles. The second kappa shape index (κ2) is 12.5. The molecule has 0 saturated carbocycles. The molecule has 8 heteroatoms. The second-order valence-electron chi connectivity index (χ2n) is 9.51. The number of pyridine rings is 1. The van der Waals surface area contributed by atoms with Crippen molar-refractivity contribution < 1.29 is 23.5 Å². The van der Waals surface area contributed by atoms with Gasteiger partial charge in [0.25, 0.3) is 5.91 Å². The van der Waals surface area contributed by atoms with Crippen LogP contribution in [0.1, 0.15) is 49.0 Å². The van der Waals surface area contributed by atoms with Crippen LogP contribution in [0.4, 0.5) is 8.78 Å². The molecular formula is C28H33F2N3O3. The maximum absolute atomic E-state index is 14.0. The van der Waals surface area contributed by atoms with Crippen LogP contribution in [-0.2, 0) is 11.2 Å². The largest absolute Gasteiger partial charge is 0.391 e. The monoisotopic (exact) mass is 497 g/mol. The van der Waals surface area contributed by atoms with E-state index in [9.17, 15) is 23.5 Å². The smallest absolute Gasteiger partial charge is 0.253 e. The summed E-state index contributed by atoms with van der Waals surface area (Å²) in [5.41, 5.74) is 0.905. The highest BCUT2D eigenvalue weighted by molar-refractivity contribution is 5.97. The van der Waals surface area contributed by atoms with E-state index < -0.39 is 35.6 Å². The molecule has 0 radical (unpaired) electrons. The van der Waals surface area contributed by atoms with E-state index in [1.165, 1.54) is 18.3 Å². The van der Waals surface area contributed by atoms with Gasteiger partial charge >= 0.3 is 0 Å². The Labute approximate surface area is 210 Å². The normalized spacial score (nSPS) is 13.9. The molecule has 2 amide bonds. The summed E-state index contributed by atoms with van der Waals surface area (Å²) in [6.07, 6.45) is 2.17. The predicted molar refractivity (Wildman–Crippen MR) is 135 cm³/mol. The van der Waals surface area contributed by atoms with Gasteiger partial charge in [-0.25, -0.2) is 8.78 Å². The van der Waals surface area contributed by atoms with Crippen molar-refractivity contribution in [3.8, 4) is 0 Å². The van der Waals surface area contributed by atoms with Gasteiger partial charge in [0.05, 0.1) is 17.7 Å². The number of rotatable bonds is 11. The third-order valence-electron chi connectivity index (χ3n) is 6.32. The molecule has 3 atom stereocenters. The Kier molecular flexibility index (Phi) is 9.47. The van der Waals surface area contributed by atoms with E-state index in [1.54, 1.807) is 7.05 Å². The predicted octanol–water partition coefficient (Wildman–Crippen LogP) is 4.40. The fourth-order valence-electron chi connectivity index (χ4n) is 4.22. The number of halogens is 2. The van der Waals surface area contributed by atoms with Gasteiger partial charge in [-0.05, 0) is 48.9 Å². The Morgan fingerprint density at radius 1 is 1.06 bits per heavy atom. The van der Waals surface area contributed by atoms with E-state index in [4.69, 9.17) is 0 Å². The van der Waals surface area contributed by atoms with Crippen molar-refractivity contribution in [3.05, 3.63) is 77.5 Å². The molecule has 0 bridgehead atoms. The highest BCUT2D eigenvalue weighted by Gasteiger charge is 2.28. The maximum atomic E-state index is 14.0. The molecule has 1 heterocycles. The highest BCUT2D eigenvalue weighted by Crippen LogP contribution is 2.22. The van der Waals surface area contributed by atoms with Crippen LogP contribution in [0.15, 0.2) is 54.7 Å². The summed E-state index contributed by atoms with van der Waals surface area (Å²) in [5, 5.41) is 17.0. The summed E-state index contributed by atoms with van der Waals surface area (Å²) < 4.78 is 27.5. The van der Waals surface area contributed by atoms with E-state index in [0.717, 1.165) is 18.1 Å². The molecule has 3 N–H and O–H groups in total. The van der Waals surface area contributed by atoms with Crippen LogP contribution < -0.4 is 10.6 Å². The molecule has 0 unspecified atom stereocenters. The zero-order valence-corrected chi connectivity index (χ0v) is 20.8. The number of nitrogens with zero attached hydrogens (tertiary/aromatic N) is 1. The van der Waals surface area contributed by atoms with Gasteiger partial charge in [-0.15, -0.1) is 0 Å². The van der Waals surface area contributed by atoms with Crippen LogP contribution in [0.5, 0.6) is 0 Å². The summed E-state index contributed by atoms with van der Waals surface area (Å²) in [7, 11) is 1.57. The average Bonchev–Trinajstić information content (AvgIpc) is 2.87. The molecule has 2 aromatic carbocycles. The summed E-state index contributed by atoms with van der Waals surface area (Å²) in [6, 6.07) is 12.5. The summed E-state index contributed by atoms with van der Waals surface area (Å²) in [4.78, 5) is 29.5. The minimum absolute atomic E-state index is 0.146. The zero-order valence-electron chi connectivity index (χ0n) is 20.8. The van der Waals surface area contributed by atoms with Crippen molar-refractivity contribution in [2.75, 3.05) is 7.05 Å². The molecular weight excluding hydrogens is 464 g/mol. The van der Waals surface area contributed by atoms with Gasteiger partial charge in [0.15, 0.2) is 11.6 Å². The number of benzene rings is 2. The zero-order chi connectivity index (χ0) is 26.2. The number of carbonyl (C=O) groups is 2. The van der Waals surface area contributed by atoms with Crippen LogP contribution in [0.25, 0.3) is 10.9 Å². The van der Waals surface area contributed by atoms with Crippen LogP contribution in [0, 0.1) is 23.5 Å². The van der Waals surface area contributed by atoms with Crippen molar-refractivity contribution >= 4 is 22.7 Å². The first kappa shape index (κ1) is 27.2. The molecule has 0 aliphatic rings. The lowest BCUT2D eigenvalue weighted by Gasteiger charge is -2.27. The lowest BCUT2D eigenvalue weighted by atomic mass is 9.88. The van der Waals surface area contributed by atoms with Gasteiger partial charge in [0.1, 0.15) is 5.52 Å². The van der Waals surface area contributed by atoms with Gasteiger partial charge in [0, 0.05) is 24.5 Å². The van der Waals surface area contributed by atoms with Crippen LogP contribution >= 0.6 is 0 Å². The molecule has 0 aliphatic heterocycles. The van der Waals surface area contributed by atoms with Crippen molar-refractivity contribution in [1.82, 2.24) is 15.6 Å². The highest BCUT2D eigenvalue weighted by atomic mass is 19.2. The van der Waals surface area contributed by atoms with E-state index in [0.29, 0.717) is 18.8 Å². The molecule has 0 fully saturated rings. The molecule has 6 nitrogen and oxygen atoms in total. The fraction of sp³-hybridized carbons (Fsp3) is 0.393. The van der Waals surface area contributed by atoms with E-state index in [2.05, 4.69) is 29.5 Å². The third kappa shape index (κ3) is 7.07. The molecule has 3 rings (SSSR count). The van der Waals surface area contributed by atoms with Gasteiger partial charge in [-0.1, -0.05) is 50.6 Å². The summed E-state index contributed by atoms with van der Waals surface area (Å²) >= 11 is 0. The Bertz CT molecular complexity index is 1190. The van der Waals surface area contributed by atoms with Crippen LogP contribution in [0.3, 0.4) is 0 Å². The fourth-order valence-corrected chi connectivity index (χ4v) is 4.22. The van der Waals surface area contributed by atoms with E-state index in [1.807, 2.05) is 30.3 Å². The summed E-state index contributed by atoms with van der Waals surface area (Å²) in [6.45, 7) is 4.15. The SMILES string of the molecule is CNC(=O)[C@H](CCC(C)C)C[C@H](O)[C@H](Cc1ccccc1)NC(=O)c1cnc2c(F)c(F)ccc2c1. The Morgan fingerprint density at radius 2 is 1.78 bits per heavy atom. The van der Waals surface area contributed by atoms with Crippen molar-refractivity contribution in [2.24, 2.45) is 11.8 Å². The Morgan fingerprint density at radius 3 is 2.44 bits per heavy atom. The van der Waals surface area contributed by atoms with E-state index >= 15 is 0 Å². The lowest BCUT2D eigenvalue weighted by molar-refractivity contribution is -0.126. The number of nitrogens with one attached hydrogen (secondary N) is 2. The molecule has 0 spiro atoms. The topological polar surface area (TPSA) is 91.3 Å². The van der Waals surface area contributed by atoms with Crippen LogP contribution in [0.2, 0.25) is 0 Å². The first-order chi connectivity index (χ1) is 17.2. The lowest BCUT2D eigenvalue weighted by Crippen LogP contribution is -2.46. The van der Waals surface area contributed by atoms with Gasteiger partial charge in [0.2, 0.25) is 5.91 Å². The first-order valence-corrected chi connectivity index (χ1v) is 12.2. The minimum Gasteiger partial charge on any atom is -0.391 e. The number of carbonyl (C=O) groups excluding carboxylic acids is 2. The first-order valence-electron chi connectivity index (χ1n) is 12.2. The van der Waals surface area contributed by atoms with Gasteiger partial charge < -0.3 is 15.7 Å². The molecule has 0 saturated heterocycles. The number of aliphatic hydroxyl groups excluding tert-OH is 1. The molecule has 0 aliphatic carbocycles. The van der Waals surface area contributed by atoms with E-state index in [-0.39, 0.29) is 28.8 Å². The van der Waals surface area contributed by atoms with Crippen molar-refractivity contribution in [2.45, 2.75) is 51.7 Å². The average molecular weight is 498 g/mol. The number of hydrogen-bond donors (Lipinski definition) is 3. The van der Waals surface area contributed by atoms with Crippen molar-refractivity contribution in [1.29, 1.82) is 0 Å². The number of amides is 2. The Hall–Kier alpha value is -3.39. The third-order valence-corrected chi connectivity index (χ3v) is 6.32. The maximum Gasteiger partial charge on any atom is 0.253 e. The number of aliphatic hydroxyl groups is 1. The minimum atomic E-state index is -1.07.